The number of hydrogen-bond donors (Lipinski definition) is 0. The van der Waals surface area contributed by atoms with E-state index in [1.54, 1.807) is 4.90 Å². The van der Waals surface area contributed by atoms with Gasteiger partial charge in [-0.15, -0.1) is 0 Å². The first-order valence-corrected chi connectivity index (χ1v) is 8.94. The predicted molar refractivity (Wildman–Crippen MR) is 96.5 cm³/mol. The van der Waals surface area contributed by atoms with Gasteiger partial charge in [0.05, 0.1) is 13.2 Å². The maximum absolute atomic E-state index is 13.1. The number of fused-ring (bicyclic) bond motifs is 2. The van der Waals surface area contributed by atoms with Crippen molar-refractivity contribution >= 4 is 11.9 Å². The molecule has 140 valence electrons. The van der Waals surface area contributed by atoms with Crippen LogP contribution in [0.3, 0.4) is 0 Å². The van der Waals surface area contributed by atoms with Crippen LogP contribution < -0.4 is 0 Å². The van der Waals surface area contributed by atoms with E-state index < -0.39 is 24.5 Å². The molecule has 1 unspecified atom stereocenters. The van der Waals surface area contributed by atoms with Gasteiger partial charge in [0.1, 0.15) is 0 Å². The summed E-state index contributed by atoms with van der Waals surface area (Å²) in [5, 5.41) is 0. The van der Waals surface area contributed by atoms with Crippen LogP contribution in [0, 0.1) is 0 Å². The van der Waals surface area contributed by atoms with Gasteiger partial charge in [0, 0.05) is 6.54 Å². The molecule has 1 amide bonds. The van der Waals surface area contributed by atoms with Crippen molar-refractivity contribution in [3.05, 3.63) is 71.8 Å². The van der Waals surface area contributed by atoms with Gasteiger partial charge in [0.15, 0.2) is 18.5 Å². The number of morpholine rings is 1. The molecule has 0 radical (unpaired) electrons. The minimum Gasteiger partial charge on any atom is -0.467 e. The van der Waals surface area contributed by atoms with Crippen LogP contribution in [-0.2, 0) is 36.8 Å². The molecule has 2 fully saturated rings. The van der Waals surface area contributed by atoms with Gasteiger partial charge in [-0.3, -0.25) is 4.79 Å². The summed E-state index contributed by atoms with van der Waals surface area (Å²) in [4.78, 5) is 26.9. The summed E-state index contributed by atoms with van der Waals surface area (Å²) in [5.41, 5.74) is 2.08. The number of carbonyl (C=O) groups excluding carboxylic acids is 2. The van der Waals surface area contributed by atoms with Crippen LogP contribution in [0.2, 0.25) is 0 Å². The maximum atomic E-state index is 13.1. The van der Waals surface area contributed by atoms with Gasteiger partial charge in [-0.25, -0.2) is 4.79 Å². The van der Waals surface area contributed by atoms with Crippen molar-refractivity contribution in [2.24, 2.45) is 0 Å². The summed E-state index contributed by atoms with van der Waals surface area (Å²) in [6, 6.07) is 19.3. The van der Waals surface area contributed by atoms with E-state index in [-0.39, 0.29) is 11.9 Å². The van der Waals surface area contributed by atoms with Crippen molar-refractivity contribution in [2.45, 2.75) is 37.5 Å². The molecule has 2 aliphatic heterocycles. The fourth-order valence-corrected chi connectivity index (χ4v) is 3.64. The number of ether oxygens (including phenoxy) is 3. The number of benzene rings is 2. The second-order valence-electron chi connectivity index (χ2n) is 6.71. The summed E-state index contributed by atoms with van der Waals surface area (Å²) in [6.07, 6.45) is -2.07. The molecule has 4 rings (SSSR count). The zero-order valence-corrected chi connectivity index (χ0v) is 15.0. The zero-order valence-electron chi connectivity index (χ0n) is 15.0. The molecule has 0 aliphatic carbocycles. The van der Waals surface area contributed by atoms with Crippen molar-refractivity contribution in [3.63, 3.8) is 0 Å². The molecule has 0 saturated carbocycles. The van der Waals surface area contributed by atoms with Gasteiger partial charge in [-0.2, -0.15) is 0 Å². The molecular weight excluding hydrogens is 346 g/mol. The number of carbonyl (C=O) groups is 2. The van der Waals surface area contributed by atoms with Crippen LogP contribution in [0.5, 0.6) is 0 Å². The van der Waals surface area contributed by atoms with Crippen LogP contribution >= 0.6 is 0 Å². The van der Waals surface area contributed by atoms with Crippen molar-refractivity contribution in [2.75, 3.05) is 7.11 Å². The average molecular weight is 367 g/mol. The van der Waals surface area contributed by atoms with Crippen LogP contribution in [-0.4, -0.2) is 48.4 Å². The molecule has 2 saturated heterocycles. The molecule has 2 heterocycles. The third kappa shape index (κ3) is 3.46. The topological polar surface area (TPSA) is 65.1 Å². The van der Waals surface area contributed by atoms with Crippen molar-refractivity contribution in [3.8, 4) is 0 Å². The molecule has 4 atom stereocenters. The van der Waals surface area contributed by atoms with E-state index >= 15 is 0 Å². The minimum atomic E-state index is -1.02. The highest BCUT2D eigenvalue weighted by Crippen LogP contribution is 2.34. The molecule has 6 nitrogen and oxygen atoms in total. The Kier molecular flexibility index (Phi) is 4.92. The lowest BCUT2D eigenvalue weighted by Gasteiger charge is -2.38. The van der Waals surface area contributed by atoms with Gasteiger partial charge in [0.25, 0.3) is 5.91 Å². The van der Waals surface area contributed by atoms with E-state index in [4.69, 9.17) is 14.2 Å². The highest BCUT2D eigenvalue weighted by Gasteiger charge is 2.55. The molecule has 2 bridgehead atoms. The molecular formula is C21H21NO5. The largest absolute Gasteiger partial charge is 0.467 e. The Morgan fingerprint density at radius 2 is 1.63 bits per heavy atom. The van der Waals surface area contributed by atoms with Gasteiger partial charge in [-0.05, 0) is 17.5 Å². The Labute approximate surface area is 157 Å². The van der Waals surface area contributed by atoms with Crippen LogP contribution in [0.25, 0.3) is 0 Å². The standard InChI is InChI=1S/C21H21NO5/c1-25-20(24)18-17-19(23)22(13-15-10-6-3-7-11-15)16(21(26-17)27-18)12-14-8-4-2-5-9-14/h2-11,16-18,21H,12-13H2,1H3/t16-,17-,18+,21?/m0/s1. The Morgan fingerprint density at radius 1 is 1.00 bits per heavy atom. The Bertz CT molecular complexity index is 810. The Morgan fingerprint density at radius 3 is 2.26 bits per heavy atom. The van der Waals surface area contributed by atoms with Crippen LogP contribution in [0.4, 0.5) is 0 Å². The van der Waals surface area contributed by atoms with Gasteiger partial charge in [0.2, 0.25) is 0 Å². The Balaban J connectivity index is 1.64. The van der Waals surface area contributed by atoms with E-state index in [0.29, 0.717) is 13.0 Å². The quantitative estimate of drug-likeness (QED) is 0.756. The summed E-state index contributed by atoms with van der Waals surface area (Å²) < 4.78 is 16.4. The first-order valence-electron chi connectivity index (χ1n) is 8.94. The molecule has 0 spiro atoms. The summed E-state index contributed by atoms with van der Waals surface area (Å²) in [7, 11) is 1.28. The number of nitrogens with zero attached hydrogens (tertiary/aromatic N) is 1. The number of esters is 1. The smallest absolute Gasteiger partial charge is 0.338 e. The van der Waals surface area contributed by atoms with Gasteiger partial charge >= 0.3 is 5.97 Å². The lowest BCUT2D eigenvalue weighted by molar-refractivity contribution is -0.177. The molecule has 27 heavy (non-hydrogen) atoms. The van der Waals surface area contributed by atoms with E-state index in [2.05, 4.69) is 0 Å². The molecule has 6 heteroatoms. The van der Waals surface area contributed by atoms with Crippen molar-refractivity contribution in [1.29, 1.82) is 0 Å². The second kappa shape index (κ2) is 7.50. The highest BCUT2D eigenvalue weighted by molar-refractivity contribution is 5.90. The van der Waals surface area contributed by atoms with Crippen molar-refractivity contribution in [1.82, 2.24) is 4.90 Å². The third-order valence-corrected chi connectivity index (χ3v) is 4.99. The maximum Gasteiger partial charge on any atom is 0.338 e. The number of rotatable bonds is 5. The number of amides is 1. The van der Waals surface area contributed by atoms with E-state index in [1.807, 2.05) is 60.7 Å². The molecule has 2 aromatic rings. The first kappa shape index (κ1) is 17.7. The SMILES string of the molecule is COC(=O)[C@@H]1OC2O[C@@H]1C(=O)N(Cc1ccccc1)[C@H]2Cc1ccccc1. The average Bonchev–Trinajstić information content (AvgIpc) is 3.12. The third-order valence-electron chi connectivity index (χ3n) is 4.99. The van der Waals surface area contributed by atoms with Gasteiger partial charge < -0.3 is 19.1 Å². The predicted octanol–water partition coefficient (Wildman–Crippen LogP) is 1.92. The van der Waals surface area contributed by atoms with Crippen molar-refractivity contribution < 1.29 is 23.8 Å². The lowest BCUT2D eigenvalue weighted by Crippen LogP contribution is -2.56. The number of hydrogen-bond acceptors (Lipinski definition) is 5. The van der Waals surface area contributed by atoms with Gasteiger partial charge in [-0.1, -0.05) is 60.7 Å². The van der Waals surface area contributed by atoms with E-state index in [1.165, 1.54) is 7.11 Å². The van der Waals surface area contributed by atoms with Crippen LogP contribution in [0.1, 0.15) is 11.1 Å². The number of methoxy groups -OCH3 is 1. The second-order valence-corrected chi connectivity index (χ2v) is 6.71. The van der Waals surface area contributed by atoms with E-state index in [0.717, 1.165) is 11.1 Å². The summed E-state index contributed by atoms with van der Waals surface area (Å²) >= 11 is 0. The molecule has 2 aromatic carbocycles. The zero-order chi connectivity index (χ0) is 18.8. The fourth-order valence-electron chi connectivity index (χ4n) is 3.64. The van der Waals surface area contributed by atoms with E-state index in [9.17, 15) is 9.59 Å². The normalized spacial score (nSPS) is 26.9. The Hall–Kier alpha value is -2.70. The first-order chi connectivity index (χ1) is 13.2. The molecule has 0 aromatic heterocycles. The molecule has 2 aliphatic rings. The summed E-state index contributed by atoms with van der Waals surface area (Å²) in [6.45, 7) is 0.435. The highest BCUT2D eigenvalue weighted by atomic mass is 16.7. The minimum absolute atomic E-state index is 0.246. The fraction of sp³-hybridized carbons (Fsp3) is 0.333. The summed E-state index contributed by atoms with van der Waals surface area (Å²) in [5.74, 6) is -0.834. The lowest BCUT2D eigenvalue weighted by atomic mass is 10.0. The molecule has 0 N–H and O–H groups in total. The monoisotopic (exact) mass is 367 g/mol. The van der Waals surface area contributed by atoms with Crippen LogP contribution in [0.15, 0.2) is 60.7 Å².